The summed E-state index contributed by atoms with van der Waals surface area (Å²) in [5.41, 5.74) is -0.0212. The first-order chi connectivity index (χ1) is 5.41. The van der Waals surface area contributed by atoms with Crippen molar-refractivity contribution in [3.63, 3.8) is 0 Å². The van der Waals surface area contributed by atoms with Gasteiger partial charge in [0.05, 0.1) is 11.7 Å². The lowest BCUT2D eigenvalue weighted by atomic mass is 9.99. The van der Waals surface area contributed by atoms with Crippen molar-refractivity contribution in [1.82, 2.24) is 0 Å². The topological polar surface area (TPSA) is 18.5 Å². The van der Waals surface area contributed by atoms with Gasteiger partial charge in [-0.1, -0.05) is 13.8 Å². The molecule has 0 radical (unpaired) electrons. The van der Waals surface area contributed by atoms with Crippen molar-refractivity contribution in [2.45, 2.75) is 59.0 Å². The van der Waals surface area contributed by atoms with Crippen molar-refractivity contribution in [2.24, 2.45) is 5.92 Å². The molecule has 1 saturated heterocycles. The van der Waals surface area contributed by atoms with Crippen LogP contribution in [0.5, 0.6) is 0 Å². The normalized spacial score (nSPS) is 35.5. The molecule has 72 valence electrons. The first-order valence-electron chi connectivity index (χ1n) is 4.74. The number of ether oxygens (including phenoxy) is 2. The highest BCUT2D eigenvalue weighted by Gasteiger charge is 2.34. The molecule has 0 amide bonds. The van der Waals surface area contributed by atoms with Crippen molar-refractivity contribution in [1.29, 1.82) is 0 Å². The van der Waals surface area contributed by atoms with Gasteiger partial charge < -0.3 is 9.47 Å². The fourth-order valence-corrected chi connectivity index (χ4v) is 1.65. The molecule has 0 saturated carbocycles. The van der Waals surface area contributed by atoms with E-state index in [0.717, 1.165) is 6.42 Å². The third kappa shape index (κ3) is 2.46. The van der Waals surface area contributed by atoms with Crippen LogP contribution in [0.1, 0.15) is 41.0 Å². The van der Waals surface area contributed by atoms with Gasteiger partial charge in [0.1, 0.15) is 0 Å². The van der Waals surface area contributed by atoms with Crippen molar-refractivity contribution < 1.29 is 9.47 Å². The summed E-state index contributed by atoms with van der Waals surface area (Å²) in [7, 11) is 0. The summed E-state index contributed by atoms with van der Waals surface area (Å²) in [6.07, 6.45) is 1.28. The summed E-state index contributed by atoms with van der Waals surface area (Å²) >= 11 is 0. The Morgan fingerprint density at radius 2 is 1.92 bits per heavy atom. The van der Waals surface area contributed by atoms with E-state index in [0.29, 0.717) is 12.0 Å². The monoisotopic (exact) mass is 172 g/mol. The fraction of sp³-hybridized carbons (Fsp3) is 1.00. The van der Waals surface area contributed by atoms with E-state index >= 15 is 0 Å². The minimum Gasteiger partial charge on any atom is -0.349 e. The maximum absolute atomic E-state index is 5.78. The van der Waals surface area contributed by atoms with Crippen LogP contribution in [-0.2, 0) is 9.47 Å². The molecule has 1 heterocycles. The van der Waals surface area contributed by atoms with Crippen LogP contribution in [0, 0.1) is 5.92 Å². The second kappa shape index (κ2) is 3.35. The molecule has 0 aliphatic carbocycles. The van der Waals surface area contributed by atoms with E-state index in [4.69, 9.17) is 9.47 Å². The van der Waals surface area contributed by atoms with E-state index in [-0.39, 0.29) is 11.9 Å². The average Bonchev–Trinajstić information content (AvgIpc) is 1.82. The van der Waals surface area contributed by atoms with Crippen LogP contribution in [0.3, 0.4) is 0 Å². The van der Waals surface area contributed by atoms with Crippen LogP contribution in [0.4, 0.5) is 0 Å². The second-order valence-corrected chi connectivity index (χ2v) is 4.64. The Balaban J connectivity index is 2.58. The molecule has 1 rings (SSSR count). The maximum atomic E-state index is 5.78. The lowest BCUT2D eigenvalue weighted by Gasteiger charge is -2.41. The van der Waals surface area contributed by atoms with Crippen LogP contribution in [0.25, 0.3) is 0 Å². The molecule has 0 aromatic rings. The summed E-state index contributed by atoms with van der Waals surface area (Å²) in [4.78, 5) is 0. The van der Waals surface area contributed by atoms with E-state index in [2.05, 4.69) is 34.6 Å². The average molecular weight is 172 g/mol. The molecule has 0 N–H and O–H groups in total. The molecule has 0 aromatic carbocycles. The predicted octanol–water partition coefficient (Wildman–Crippen LogP) is 2.57. The molecule has 2 atom stereocenters. The van der Waals surface area contributed by atoms with Crippen molar-refractivity contribution in [2.75, 3.05) is 0 Å². The first kappa shape index (κ1) is 10.0. The maximum Gasteiger partial charge on any atom is 0.160 e. The number of rotatable bonds is 1. The van der Waals surface area contributed by atoms with E-state index in [1.807, 2.05) is 0 Å². The minimum atomic E-state index is -0.0243. The SMILES string of the molecule is CC1CC(C)(C)OC(C(C)C)O1. The third-order valence-electron chi connectivity index (χ3n) is 2.12. The Morgan fingerprint density at radius 1 is 1.33 bits per heavy atom. The largest absolute Gasteiger partial charge is 0.349 e. The molecule has 2 heteroatoms. The zero-order chi connectivity index (χ0) is 9.35. The molecule has 0 bridgehead atoms. The summed E-state index contributed by atoms with van der Waals surface area (Å²) in [5, 5.41) is 0. The molecule has 2 nitrogen and oxygen atoms in total. The predicted molar refractivity (Wildman–Crippen MR) is 49.0 cm³/mol. The quantitative estimate of drug-likeness (QED) is 0.605. The van der Waals surface area contributed by atoms with E-state index < -0.39 is 0 Å². The van der Waals surface area contributed by atoms with E-state index in [9.17, 15) is 0 Å². The highest BCUT2D eigenvalue weighted by Crippen LogP contribution is 2.30. The number of hydrogen-bond donors (Lipinski definition) is 0. The van der Waals surface area contributed by atoms with Gasteiger partial charge in [0, 0.05) is 12.3 Å². The second-order valence-electron chi connectivity index (χ2n) is 4.64. The number of hydrogen-bond acceptors (Lipinski definition) is 2. The van der Waals surface area contributed by atoms with Crippen LogP contribution in [0.15, 0.2) is 0 Å². The zero-order valence-corrected chi connectivity index (χ0v) is 8.76. The Kier molecular flexibility index (Phi) is 2.79. The highest BCUT2D eigenvalue weighted by atomic mass is 16.7. The van der Waals surface area contributed by atoms with Crippen molar-refractivity contribution >= 4 is 0 Å². The Morgan fingerprint density at radius 3 is 2.33 bits per heavy atom. The Bertz CT molecular complexity index is 152. The van der Waals surface area contributed by atoms with E-state index in [1.165, 1.54) is 0 Å². The van der Waals surface area contributed by atoms with Gasteiger partial charge in [0.25, 0.3) is 0 Å². The molecular weight excluding hydrogens is 152 g/mol. The lowest BCUT2D eigenvalue weighted by molar-refractivity contribution is -0.283. The standard InChI is InChI=1S/C10H20O2/c1-7(2)9-11-8(3)6-10(4,5)12-9/h7-9H,6H2,1-5H3. The molecular formula is C10H20O2. The molecule has 0 aromatic heterocycles. The van der Waals surface area contributed by atoms with Gasteiger partial charge in [-0.25, -0.2) is 0 Å². The highest BCUT2D eigenvalue weighted by molar-refractivity contribution is 4.78. The smallest absolute Gasteiger partial charge is 0.160 e. The Labute approximate surface area is 75.2 Å². The minimum absolute atomic E-state index is 0.0212. The van der Waals surface area contributed by atoms with Crippen LogP contribution in [-0.4, -0.2) is 18.0 Å². The van der Waals surface area contributed by atoms with Gasteiger partial charge in [0.15, 0.2) is 6.29 Å². The van der Waals surface area contributed by atoms with Crippen molar-refractivity contribution in [3.8, 4) is 0 Å². The molecule has 1 aliphatic rings. The van der Waals surface area contributed by atoms with Gasteiger partial charge in [-0.15, -0.1) is 0 Å². The van der Waals surface area contributed by atoms with Gasteiger partial charge in [-0.3, -0.25) is 0 Å². The van der Waals surface area contributed by atoms with Gasteiger partial charge in [-0.2, -0.15) is 0 Å². The fourth-order valence-electron chi connectivity index (χ4n) is 1.65. The molecule has 1 aliphatic heterocycles. The van der Waals surface area contributed by atoms with E-state index in [1.54, 1.807) is 0 Å². The Hall–Kier alpha value is -0.0800. The first-order valence-corrected chi connectivity index (χ1v) is 4.74. The van der Waals surface area contributed by atoms with Crippen LogP contribution < -0.4 is 0 Å². The summed E-state index contributed by atoms with van der Waals surface area (Å²) in [5.74, 6) is 0.437. The molecule has 1 fully saturated rings. The molecule has 2 unspecified atom stereocenters. The van der Waals surface area contributed by atoms with Crippen molar-refractivity contribution in [3.05, 3.63) is 0 Å². The molecule has 0 spiro atoms. The lowest BCUT2D eigenvalue weighted by Crippen LogP contribution is -2.45. The van der Waals surface area contributed by atoms with Gasteiger partial charge in [0.2, 0.25) is 0 Å². The molecule has 12 heavy (non-hydrogen) atoms. The van der Waals surface area contributed by atoms with Crippen LogP contribution >= 0.6 is 0 Å². The summed E-state index contributed by atoms with van der Waals surface area (Å²) in [6.45, 7) is 10.6. The van der Waals surface area contributed by atoms with Gasteiger partial charge in [-0.05, 0) is 20.8 Å². The van der Waals surface area contributed by atoms with Crippen LogP contribution in [0.2, 0.25) is 0 Å². The summed E-state index contributed by atoms with van der Waals surface area (Å²) < 4.78 is 11.4. The van der Waals surface area contributed by atoms with Gasteiger partial charge >= 0.3 is 0 Å². The summed E-state index contributed by atoms with van der Waals surface area (Å²) in [6, 6.07) is 0. The third-order valence-corrected chi connectivity index (χ3v) is 2.12. The zero-order valence-electron chi connectivity index (χ0n) is 8.76.